The summed E-state index contributed by atoms with van der Waals surface area (Å²) in [4.78, 5) is 0. The quantitative estimate of drug-likeness (QED) is 0.840. The van der Waals surface area contributed by atoms with Crippen LogP contribution in [0.2, 0.25) is 0 Å². The Morgan fingerprint density at radius 3 is 2.88 bits per heavy atom. The van der Waals surface area contributed by atoms with Crippen molar-refractivity contribution in [2.45, 2.75) is 19.9 Å². The average molecular weight is 258 g/mol. The third-order valence-electron chi connectivity index (χ3n) is 2.34. The van der Waals surface area contributed by atoms with E-state index in [0.29, 0.717) is 10.8 Å². The monoisotopic (exact) mass is 257 g/mol. The van der Waals surface area contributed by atoms with Gasteiger partial charge in [-0.3, -0.25) is 0 Å². The molecule has 0 aromatic heterocycles. The first-order valence-corrected chi connectivity index (χ1v) is 5.91. The van der Waals surface area contributed by atoms with Gasteiger partial charge >= 0.3 is 0 Å². The smallest absolute Gasteiger partial charge is 0.127 e. The van der Waals surface area contributed by atoms with Crippen molar-refractivity contribution >= 4 is 11.6 Å². The molecule has 1 aromatic carbocycles. The van der Waals surface area contributed by atoms with Crippen molar-refractivity contribution in [2.24, 2.45) is 0 Å². The predicted octanol–water partition coefficient (Wildman–Crippen LogP) is 3.63. The fourth-order valence-electron chi connectivity index (χ4n) is 1.56. The maximum absolute atomic E-state index is 13.2. The Hall–Kier alpha value is -1.06. The van der Waals surface area contributed by atoms with E-state index in [-0.39, 0.29) is 18.5 Å². The van der Waals surface area contributed by atoms with E-state index in [1.165, 1.54) is 12.1 Å². The number of halogens is 2. The molecule has 1 rings (SSSR count). The first kappa shape index (κ1) is 14.0. The lowest BCUT2D eigenvalue weighted by atomic mass is 10.1. The molecule has 0 aliphatic heterocycles. The van der Waals surface area contributed by atoms with Crippen molar-refractivity contribution in [3.05, 3.63) is 41.2 Å². The molecule has 0 saturated carbocycles. The maximum atomic E-state index is 13.2. The molecule has 0 saturated heterocycles. The fraction of sp³-hybridized carbons (Fsp3) is 0.385. The molecule has 2 nitrogen and oxygen atoms in total. The lowest BCUT2D eigenvalue weighted by Crippen LogP contribution is -2.18. The number of rotatable bonds is 6. The minimum atomic E-state index is -0.326. The van der Waals surface area contributed by atoms with Crippen LogP contribution in [-0.2, 0) is 0 Å². The summed E-state index contributed by atoms with van der Waals surface area (Å²) in [6, 6.07) is 4.60. The molecule has 1 aromatic rings. The zero-order chi connectivity index (χ0) is 12.8. The van der Waals surface area contributed by atoms with Crippen LogP contribution in [0.25, 0.3) is 0 Å². The van der Waals surface area contributed by atoms with E-state index in [1.807, 2.05) is 13.8 Å². The Morgan fingerprint density at radius 1 is 1.59 bits per heavy atom. The standard InChI is InChI=1S/C13H17ClFNO/c1-4-16-10(3)12-6-5-11(15)7-13(12)17-8-9(2)14/h5-7,10,16H,2,4,8H2,1,3H3. The van der Waals surface area contributed by atoms with Crippen LogP contribution >= 0.6 is 11.6 Å². The number of hydrogen-bond donors (Lipinski definition) is 1. The summed E-state index contributed by atoms with van der Waals surface area (Å²) in [5.41, 5.74) is 0.908. The van der Waals surface area contributed by atoms with Gasteiger partial charge in [-0.25, -0.2) is 4.39 Å². The van der Waals surface area contributed by atoms with Gasteiger partial charge in [0.25, 0.3) is 0 Å². The van der Waals surface area contributed by atoms with Crippen LogP contribution < -0.4 is 10.1 Å². The van der Waals surface area contributed by atoms with E-state index < -0.39 is 0 Å². The zero-order valence-corrected chi connectivity index (χ0v) is 10.9. The minimum Gasteiger partial charge on any atom is -0.488 e. The molecule has 0 aliphatic carbocycles. The van der Waals surface area contributed by atoms with Crippen molar-refractivity contribution in [3.63, 3.8) is 0 Å². The second-order valence-corrected chi connectivity index (χ2v) is 4.30. The molecule has 1 unspecified atom stereocenters. The van der Waals surface area contributed by atoms with Crippen LogP contribution in [0, 0.1) is 5.82 Å². The van der Waals surface area contributed by atoms with Crippen LogP contribution in [0.4, 0.5) is 4.39 Å². The summed E-state index contributed by atoms with van der Waals surface area (Å²) < 4.78 is 18.6. The van der Waals surface area contributed by atoms with Crippen LogP contribution in [0.15, 0.2) is 29.8 Å². The first-order valence-electron chi connectivity index (χ1n) is 5.53. The highest BCUT2D eigenvalue weighted by Crippen LogP contribution is 2.26. The molecule has 1 atom stereocenters. The van der Waals surface area contributed by atoms with Gasteiger partial charge in [0.05, 0.1) is 0 Å². The Bertz CT molecular complexity index is 395. The molecular weight excluding hydrogens is 241 g/mol. The maximum Gasteiger partial charge on any atom is 0.127 e. The molecule has 0 heterocycles. The Labute approximate surface area is 106 Å². The van der Waals surface area contributed by atoms with E-state index in [1.54, 1.807) is 6.07 Å². The summed E-state index contributed by atoms with van der Waals surface area (Å²) in [6.07, 6.45) is 0. The highest BCUT2D eigenvalue weighted by molar-refractivity contribution is 6.29. The molecule has 0 fully saturated rings. The molecule has 94 valence electrons. The largest absolute Gasteiger partial charge is 0.488 e. The van der Waals surface area contributed by atoms with Crippen molar-refractivity contribution in [1.29, 1.82) is 0 Å². The minimum absolute atomic E-state index is 0.0965. The average Bonchev–Trinajstić information content (AvgIpc) is 2.26. The second-order valence-electron chi connectivity index (χ2n) is 3.77. The number of hydrogen-bond acceptors (Lipinski definition) is 2. The molecule has 0 aliphatic rings. The van der Waals surface area contributed by atoms with Gasteiger partial charge in [-0.2, -0.15) is 0 Å². The van der Waals surface area contributed by atoms with Gasteiger partial charge in [0.2, 0.25) is 0 Å². The number of benzene rings is 1. The van der Waals surface area contributed by atoms with Crippen molar-refractivity contribution in [3.8, 4) is 5.75 Å². The van der Waals surface area contributed by atoms with Gasteiger partial charge in [0, 0.05) is 22.7 Å². The lowest BCUT2D eigenvalue weighted by Gasteiger charge is -2.17. The molecule has 0 amide bonds. The van der Waals surface area contributed by atoms with Crippen LogP contribution in [0.3, 0.4) is 0 Å². The van der Waals surface area contributed by atoms with Crippen LogP contribution in [0.1, 0.15) is 25.5 Å². The van der Waals surface area contributed by atoms with Gasteiger partial charge in [0.1, 0.15) is 18.2 Å². The van der Waals surface area contributed by atoms with Crippen LogP contribution in [-0.4, -0.2) is 13.2 Å². The normalized spacial score (nSPS) is 12.2. The van der Waals surface area contributed by atoms with E-state index in [4.69, 9.17) is 16.3 Å². The van der Waals surface area contributed by atoms with E-state index >= 15 is 0 Å². The topological polar surface area (TPSA) is 21.3 Å². The van der Waals surface area contributed by atoms with Gasteiger partial charge in [-0.15, -0.1) is 0 Å². The van der Waals surface area contributed by atoms with Crippen molar-refractivity contribution in [2.75, 3.05) is 13.2 Å². The van der Waals surface area contributed by atoms with Crippen molar-refractivity contribution in [1.82, 2.24) is 5.32 Å². The molecular formula is C13H17ClFNO. The summed E-state index contributed by atoms with van der Waals surface area (Å²) in [7, 11) is 0. The third kappa shape index (κ3) is 4.36. The van der Waals surface area contributed by atoms with E-state index in [0.717, 1.165) is 12.1 Å². The zero-order valence-electron chi connectivity index (χ0n) is 10.1. The Kier molecular flexibility index (Phi) is 5.45. The molecule has 1 N–H and O–H groups in total. The van der Waals surface area contributed by atoms with Gasteiger partial charge < -0.3 is 10.1 Å². The highest BCUT2D eigenvalue weighted by atomic mass is 35.5. The molecule has 0 radical (unpaired) electrons. The summed E-state index contributed by atoms with van der Waals surface area (Å²) in [6.45, 7) is 8.56. The second kappa shape index (κ2) is 6.62. The van der Waals surface area contributed by atoms with Crippen LogP contribution in [0.5, 0.6) is 5.75 Å². The molecule has 4 heteroatoms. The van der Waals surface area contributed by atoms with Gasteiger partial charge in [-0.05, 0) is 19.5 Å². The van der Waals surface area contributed by atoms with Gasteiger partial charge in [-0.1, -0.05) is 31.2 Å². The molecule has 17 heavy (non-hydrogen) atoms. The van der Waals surface area contributed by atoms with E-state index in [2.05, 4.69) is 11.9 Å². The lowest BCUT2D eigenvalue weighted by molar-refractivity contribution is 0.348. The van der Waals surface area contributed by atoms with E-state index in [9.17, 15) is 4.39 Å². The third-order valence-corrected chi connectivity index (χ3v) is 2.45. The summed E-state index contributed by atoms with van der Waals surface area (Å²) in [5, 5.41) is 3.64. The fourth-order valence-corrected chi connectivity index (χ4v) is 1.62. The predicted molar refractivity (Wildman–Crippen MR) is 69.0 cm³/mol. The first-order chi connectivity index (χ1) is 8.04. The summed E-state index contributed by atoms with van der Waals surface area (Å²) >= 11 is 5.63. The number of nitrogens with one attached hydrogen (secondary N) is 1. The Morgan fingerprint density at radius 2 is 2.29 bits per heavy atom. The summed E-state index contributed by atoms with van der Waals surface area (Å²) in [5.74, 6) is 0.174. The Balaban J connectivity index is 2.90. The highest BCUT2D eigenvalue weighted by Gasteiger charge is 2.12. The van der Waals surface area contributed by atoms with Gasteiger partial charge in [0.15, 0.2) is 0 Å². The number of ether oxygens (including phenoxy) is 1. The molecule has 0 spiro atoms. The van der Waals surface area contributed by atoms with Crippen molar-refractivity contribution < 1.29 is 9.13 Å². The SMILES string of the molecule is C=C(Cl)COc1cc(F)ccc1C(C)NCC. The molecule has 0 bridgehead atoms.